The molecule has 98 valence electrons. The minimum absolute atomic E-state index is 0.401. The average Bonchev–Trinajstić information content (AvgIpc) is 3.07. The van der Waals surface area contributed by atoms with E-state index in [-0.39, 0.29) is 0 Å². The molecule has 4 heteroatoms. The van der Waals surface area contributed by atoms with E-state index in [9.17, 15) is 0 Å². The highest BCUT2D eigenvalue weighted by atomic mass is 32.1. The first kappa shape index (κ1) is 12.0. The van der Waals surface area contributed by atoms with Gasteiger partial charge < -0.3 is 10.6 Å². The standard InChI is InChI=1S/C14H21N3S/c1-2-11-7-8-13(18-11)12-9-16-14(15)17(12)10-5-3-4-6-10/h7-8,10,12H,2-6,9H2,1H3,(H2,15,16). The zero-order valence-electron chi connectivity index (χ0n) is 10.9. The van der Waals surface area contributed by atoms with Crippen LogP contribution in [0.15, 0.2) is 17.1 Å². The lowest BCUT2D eigenvalue weighted by Gasteiger charge is -2.31. The number of thiophene rings is 1. The average molecular weight is 263 g/mol. The monoisotopic (exact) mass is 263 g/mol. The maximum absolute atomic E-state index is 6.11. The lowest BCUT2D eigenvalue weighted by atomic mass is 10.1. The van der Waals surface area contributed by atoms with Crippen LogP contribution in [0.5, 0.6) is 0 Å². The first-order chi connectivity index (χ1) is 8.79. The van der Waals surface area contributed by atoms with Crippen LogP contribution < -0.4 is 5.73 Å². The Morgan fingerprint density at radius 2 is 2.17 bits per heavy atom. The summed E-state index contributed by atoms with van der Waals surface area (Å²) < 4.78 is 0. The van der Waals surface area contributed by atoms with Crippen molar-refractivity contribution in [2.75, 3.05) is 6.54 Å². The molecule has 2 N–H and O–H groups in total. The molecule has 2 aliphatic rings. The summed E-state index contributed by atoms with van der Waals surface area (Å²) in [6.07, 6.45) is 6.35. The van der Waals surface area contributed by atoms with Gasteiger partial charge in [0.2, 0.25) is 0 Å². The predicted octanol–water partition coefficient (Wildman–Crippen LogP) is 2.92. The summed E-state index contributed by atoms with van der Waals surface area (Å²) in [5.41, 5.74) is 6.11. The largest absolute Gasteiger partial charge is 0.370 e. The normalized spacial score (nSPS) is 24.8. The molecule has 1 atom stereocenters. The Morgan fingerprint density at radius 1 is 1.39 bits per heavy atom. The number of guanidine groups is 1. The fourth-order valence-electron chi connectivity index (χ4n) is 3.12. The third kappa shape index (κ3) is 2.03. The zero-order valence-corrected chi connectivity index (χ0v) is 11.7. The summed E-state index contributed by atoms with van der Waals surface area (Å²) in [5.74, 6) is 0.762. The van der Waals surface area contributed by atoms with Crippen LogP contribution in [0.4, 0.5) is 0 Å². The Bertz CT molecular complexity index is 446. The van der Waals surface area contributed by atoms with Gasteiger partial charge in [0.05, 0.1) is 12.6 Å². The molecule has 1 aliphatic heterocycles. The van der Waals surface area contributed by atoms with Gasteiger partial charge in [-0.15, -0.1) is 11.3 Å². The number of aryl methyl sites for hydroxylation is 1. The van der Waals surface area contributed by atoms with E-state index >= 15 is 0 Å². The van der Waals surface area contributed by atoms with Crippen molar-refractivity contribution in [1.82, 2.24) is 4.90 Å². The molecule has 0 bridgehead atoms. The van der Waals surface area contributed by atoms with Crippen molar-refractivity contribution in [3.63, 3.8) is 0 Å². The fourth-order valence-corrected chi connectivity index (χ4v) is 4.17. The van der Waals surface area contributed by atoms with Gasteiger partial charge in [-0.2, -0.15) is 0 Å². The molecule has 3 rings (SSSR count). The molecule has 1 fully saturated rings. The summed E-state index contributed by atoms with van der Waals surface area (Å²) in [7, 11) is 0. The van der Waals surface area contributed by atoms with Crippen molar-refractivity contribution in [2.24, 2.45) is 10.7 Å². The van der Waals surface area contributed by atoms with Gasteiger partial charge in [0.25, 0.3) is 0 Å². The first-order valence-corrected chi connectivity index (χ1v) is 7.78. The fraction of sp³-hybridized carbons (Fsp3) is 0.643. The van der Waals surface area contributed by atoms with Crippen LogP contribution in [-0.2, 0) is 6.42 Å². The molecule has 0 saturated heterocycles. The quantitative estimate of drug-likeness (QED) is 0.911. The SMILES string of the molecule is CCc1ccc(C2CN=C(N)N2C2CCCC2)s1. The third-order valence-electron chi connectivity index (χ3n) is 4.10. The topological polar surface area (TPSA) is 41.6 Å². The van der Waals surface area contributed by atoms with Crippen LogP contribution in [0, 0.1) is 0 Å². The second kappa shape index (κ2) is 4.92. The van der Waals surface area contributed by atoms with Crippen molar-refractivity contribution < 1.29 is 0 Å². The van der Waals surface area contributed by atoms with E-state index in [1.54, 1.807) is 0 Å². The molecule has 1 aliphatic carbocycles. The van der Waals surface area contributed by atoms with Crippen molar-refractivity contribution in [1.29, 1.82) is 0 Å². The van der Waals surface area contributed by atoms with E-state index < -0.39 is 0 Å². The minimum atomic E-state index is 0.401. The molecule has 18 heavy (non-hydrogen) atoms. The molecule has 2 heterocycles. The maximum atomic E-state index is 6.11. The van der Waals surface area contributed by atoms with Gasteiger partial charge in [0, 0.05) is 15.8 Å². The highest BCUT2D eigenvalue weighted by Crippen LogP contribution is 2.36. The highest BCUT2D eigenvalue weighted by Gasteiger charge is 2.35. The highest BCUT2D eigenvalue weighted by molar-refractivity contribution is 7.12. The van der Waals surface area contributed by atoms with Gasteiger partial charge in [-0.3, -0.25) is 4.99 Å². The number of hydrogen-bond acceptors (Lipinski definition) is 4. The van der Waals surface area contributed by atoms with E-state index in [1.165, 1.54) is 35.4 Å². The summed E-state index contributed by atoms with van der Waals surface area (Å²) >= 11 is 1.92. The molecule has 0 spiro atoms. The molecule has 3 nitrogen and oxygen atoms in total. The summed E-state index contributed by atoms with van der Waals surface area (Å²) in [6, 6.07) is 5.54. The molecule has 1 aromatic rings. The Hall–Kier alpha value is -1.03. The van der Waals surface area contributed by atoms with E-state index in [4.69, 9.17) is 5.73 Å². The van der Waals surface area contributed by atoms with Gasteiger partial charge in [0.15, 0.2) is 5.96 Å². The molecule has 0 aromatic carbocycles. The molecule has 1 aromatic heterocycles. The van der Waals surface area contributed by atoms with Gasteiger partial charge >= 0.3 is 0 Å². The van der Waals surface area contributed by atoms with Gasteiger partial charge in [-0.1, -0.05) is 19.8 Å². The maximum Gasteiger partial charge on any atom is 0.192 e. The second-order valence-electron chi connectivity index (χ2n) is 5.22. The number of rotatable bonds is 3. The molecule has 1 unspecified atom stereocenters. The van der Waals surface area contributed by atoms with E-state index in [0.29, 0.717) is 12.1 Å². The van der Waals surface area contributed by atoms with Crippen molar-refractivity contribution in [3.05, 3.63) is 21.9 Å². The summed E-state index contributed by atoms with van der Waals surface area (Å²) in [4.78, 5) is 9.76. The van der Waals surface area contributed by atoms with E-state index in [0.717, 1.165) is 18.9 Å². The van der Waals surface area contributed by atoms with Gasteiger partial charge in [0.1, 0.15) is 0 Å². The Kier molecular flexibility index (Phi) is 3.29. The number of nitrogens with two attached hydrogens (primary N) is 1. The third-order valence-corrected chi connectivity index (χ3v) is 5.43. The van der Waals surface area contributed by atoms with Crippen LogP contribution in [0.2, 0.25) is 0 Å². The second-order valence-corrected chi connectivity index (χ2v) is 6.42. The summed E-state index contributed by atoms with van der Waals surface area (Å²) in [6.45, 7) is 3.05. The zero-order chi connectivity index (χ0) is 12.5. The lowest BCUT2D eigenvalue weighted by Crippen LogP contribution is -2.42. The predicted molar refractivity (Wildman–Crippen MR) is 77.0 cm³/mol. The van der Waals surface area contributed by atoms with Crippen molar-refractivity contribution in [3.8, 4) is 0 Å². The summed E-state index contributed by atoms with van der Waals surface area (Å²) in [5, 5.41) is 0. The Labute approximate surface area is 113 Å². The van der Waals surface area contributed by atoms with Crippen molar-refractivity contribution >= 4 is 17.3 Å². The Balaban J connectivity index is 1.82. The van der Waals surface area contributed by atoms with Gasteiger partial charge in [-0.05, 0) is 31.4 Å². The Morgan fingerprint density at radius 3 is 2.83 bits per heavy atom. The smallest absolute Gasteiger partial charge is 0.192 e. The minimum Gasteiger partial charge on any atom is -0.370 e. The lowest BCUT2D eigenvalue weighted by molar-refractivity contribution is 0.265. The van der Waals surface area contributed by atoms with E-state index in [2.05, 4.69) is 28.9 Å². The van der Waals surface area contributed by atoms with Crippen molar-refractivity contribution in [2.45, 2.75) is 51.1 Å². The van der Waals surface area contributed by atoms with Crippen LogP contribution in [0.3, 0.4) is 0 Å². The number of nitrogens with zero attached hydrogens (tertiary/aromatic N) is 2. The van der Waals surface area contributed by atoms with E-state index in [1.807, 2.05) is 11.3 Å². The molecule has 0 radical (unpaired) electrons. The molecular weight excluding hydrogens is 242 g/mol. The molecule has 0 amide bonds. The van der Waals surface area contributed by atoms with Gasteiger partial charge in [-0.25, -0.2) is 0 Å². The number of hydrogen-bond donors (Lipinski definition) is 1. The van der Waals surface area contributed by atoms with Crippen LogP contribution >= 0.6 is 11.3 Å². The molecular formula is C14H21N3S. The van der Waals surface area contributed by atoms with Crippen LogP contribution in [0.25, 0.3) is 0 Å². The van der Waals surface area contributed by atoms with Crippen LogP contribution in [0.1, 0.15) is 48.4 Å². The first-order valence-electron chi connectivity index (χ1n) is 6.96. The van der Waals surface area contributed by atoms with Crippen LogP contribution in [-0.4, -0.2) is 23.4 Å². The molecule has 1 saturated carbocycles. The number of aliphatic imine (C=N–C) groups is 1.